The fraction of sp³-hybridized carbons (Fsp3) is 0.967. The van der Waals surface area contributed by atoms with Gasteiger partial charge in [0.25, 0.3) is 0 Å². The summed E-state index contributed by atoms with van der Waals surface area (Å²) in [6, 6.07) is 0.264. The molecule has 210 valence electrons. The highest BCUT2D eigenvalue weighted by atomic mass is 16.5. The van der Waals surface area contributed by atoms with Crippen molar-refractivity contribution < 1.29 is 19.0 Å². The van der Waals surface area contributed by atoms with Crippen LogP contribution in [0, 0.1) is 0 Å². The van der Waals surface area contributed by atoms with Gasteiger partial charge in [-0.1, -0.05) is 97.3 Å². The average Bonchev–Trinajstić information content (AvgIpc) is 2.85. The van der Waals surface area contributed by atoms with Crippen molar-refractivity contribution in [2.24, 2.45) is 0 Å². The number of carbonyl (C=O) groups is 1. The van der Waals surface area contributed by atoms with Gasteiger partial charge in [-0.25, -0.2) is 0 Å². The lowest BCUT2D eigenvalue weighted by molar-refractivity contribution is -0.150. The van der Waals surface area contributed by atoms with Crippen molar-refractivity contribution in [3.63, 3.8) is 0 Å². The molecule has 0 saturated carbocycles. The number of rotatable bonds is 28. The number of hydrogen-bond donors (Lipinski definition) is 1. The van der Waals surface area contributed by atoms with E-state index >= 15 is 0 Å². The lowest BCUT2D eigenvalue weighted by Gasteiger charge is -2.18. The maximum Gasteiger partial charge on any atom is 0.306 e. The van der Waals surface area contributed by atoms with Gasteiger partial charge in [-0.2, -0.15) is 0 Å². The highest BCUT2D eigenvalue weighted by Gasteiger charge is 2.14. The van der Waals surface area contributed by atoms with E-state index < -0.39 is 0 Å². The van der Waals surface area contributed by atoms with Crippen LogP contribution in [-0.4, -0.2) is 52.1 Å². The van der Waals surface area contributed by atoms with Gasteiger partial charge >= 0.3 is 5.97 Å². The Hall–Kier alpha value is -0.650. The third kappa shape index (κ3) is 24.8. The first-order chi connectivity index (χ1) is 17.2. The largest absolute Gasteiger partial charge is 0.462 e. The SMILES string of the molecule is CCCCCCCCC(CCCCCCCC)OC(=O)CCCCCCCNC(COC)COC. The summed E-state index contributed by atoms with van der Waals surface area (Å²) in [4.78, 5) is 12.5. The van der Waals surface area contributed by atoms with Gasteiger partial charge in [0.15, 0.2) is 0 Å². The van der Waals surface area contributed by atoms with Gasteiger partial charge in [-0.05, 0) is 45.1 Å². The Balaban J connectivity index is 3.99. The topological polar surface area (TPSA) is 56.8 Å². The maximum absolute atomic E-state index is 12.5. The van der Waals surface area contributed by atoms with Crippen molar-refractivity contribution in [2.75, 3.05) is 34.0 Å². The van der Waals surface area contributed by atoms with Gasteiger partial charge in [0, 0.05) is 20.6 Å². The molecule has 0 unspecified atom stereocenters. The molecule has 0 aliphatic carbocycles. The zero-order valence-corrected chi connectivity index (χ0v) is 24.1. The zero-order valence-electron chi connectivity index (χ0n) is 24.1. The summed E-state index contributed by atoms with van der Waals surface area (Å²) in [5.41, 5.74) is 0. The fourth-order valence-electron chi connectivity index (χ4n) is 4.61. The number of carbonyl (C=O) groups excluding carboxylic acids is 1. The van der Waals surface area contributed by atoms with Gasteiger partial charge < -0.3 is 19.5 Å². The van der Waals surface area contributed by atoms with E-state index in [0.717, 1.165) is 38.6 Å². The molecule has 0 bridgehead atoms. The molecule has 0 aromatic carbocycles. The quantitative estimate of drug-likeness (QED) is 0.0873. The summed E-state index contributed by atoms with van der Waals surface area (Å²) in [6.07, 6.45) is 23.9. The number of hydrogen-bond acceptors (Lipinski definition) is 5. The Morgan fingerprint density at radius 3 is 1.60 bits per heavy atom. The molecule has 0 aliphatic rings. The second-order valence-electron chi connectivity index (χ2n) is 10.3. The zero-order chi connectivity index (χ0) is 25.8. The van der Waals surface area contributed by atoms with Crippen LogP contribution >= 0.6 is 0 Å². The summed E-state index contributed by atoms with van der Waals surface area (Å²) in [6.45, 7) is 6.85. The molecule has 5 heteroatoms. The van der Waals surface area contributed by atoms with E-state index in [9.17, 15) is 4.79 Å². The monoisotopic (exact) mass is 499 g/mol. The van der Waals surface area contributed by atoms with Crippen molar-refractivity contribution in [1.82, 2.24) is 5.32 Å². The molecule has 0 amide bonds. The predicted octanol–water partition coefficient (Wildman–Crippen LogP) is 7.99. The summed E-state index contributed by atoms with van der Waals surface area (Å²) in [7, 11) is 3.45. The highest BCUT2D eigenvalue weighted by molar-refractivity contribution is 5.69. The van der Waals surface area contributed by atoms with Crippen molar-refractivity contribution in [3.05, 3.63) is 0 Å². The summed E-state index contributed by atoms with van der Waals surface area (Å²) < 4.78 is 16.4. The summed E-state index contributed by atoms with van der Waals surface area (Å²) >= 11 is 0. The molecule has 35 heavy (non-hydrogen) atoms. The second-order valence-corrected chi connectivity index (χ2v) is 10.3. The van der Waals surface area contributed by atoms with Crippen LogP contribution in [0.3, 0.4) is 0 Å². The number of ether oxygens (including phenoxy) is 3. The third-order valence-corrected chi connectivity index (χ3v) is 6.78. The van der Waals surface area contributed by atoms with Gasteiger partial charge in [0.1, 0.15) is 6.10 Å². The molecule has 0 rings (SSSR count). The Morgan fingerprint density at radius 2 is 1.09 bits per heavy atom. The first-order valence-corrected chi connectivity index (χ1v) is 15.1. The molecule has 0 heterocycles. The number of unbranched alkanes of at least 4 members (excludes halogenated alkanes) is 14. The number of methoxy groups -OCH3 is 2. The smallest absolute Gasteiger partial charge is 0.306 e. The second kappa shape index (κ2) is 27.9. The van der Waals surface area contributed by atoms with Gasteiger partial charge in [0.2, 0.25) is 0 Å². The van der Waals surface area contributed by atoms with Crippen molar-refractivity contribution in [1.29, 1.82) is 0 Å². The van der Waals surface area contributed by atoms with Crippen LogP contribution in [-0.2, 0) is 19.0 Å². The average molecular weight is 500 g/mol. The molecule has 0 fully saturated rings. The van der Waals surface area contributed by atoms with Crippen molar-refractivity contribution >= 4 is 5.97 Å². The molecule has 5 nitrogen and oxygen atoms in total. The lowest BCUT2D eigenvalue weighted by atomic mass is 10.0. The van der Waals surface area contributed by atoms with Crippen LogP contribution in [0.4, 0.5) is 0 Å². The van der Waals surface area contributed by atoms with Crippen LogP contribution in [0.25, 0.3) is 0 Å². The Bertz CT molecular complexity index is 411. The van der Waals surface area contributed by atoms with E-state index in [4.69, 9.17) is 14.2 Å². The minimum atomic E-state index is 0.0237. The normalized spacial score (nSPS) is 11.6. The molecule has 0 aromatic heterocycles. The summed E-state index contributed by atoms with van der Waals surface area (Å²) in [5.74, 6) is 0.0237. The molecular formula is C30H61NO4. The molecule has 0 radical (unpaired) electrons. The third-order valence-electron chi connectivity index (χ3n) is 6.78. The molecule has 0 spiro atoms. The van der Waals surface area contributed by atoms with Crippen LogP contribution in [0.5, 0.6) is 0 Å². The number of nitrogens with one attached hydrogen (secondary N) is 1. The van der Waals surface area contributed by atoms with E-state index in [-0.39, 0.29) is 18.1 Å². The minimum absolute atomic E-state index is 0.0237. The highest BCUT2D eigenvalue weighted by Crippen LogP contribution is 2.18. The molecule has 0 saturated heterocycles. The predicted molar refractivity (Wildman–Crippen MR) is 149 cm³/mol. The standard InChI is InChI=1S/C30H61NO4/c1-5-7-9-11-14-18-22-29(23-19-15-12-10-8-6-2)35-30(32)24-20-16-13-17-21-25-31-28(26-33-3)27-34-4/h28-29,31H,5-27H2,1-4H3. The van der Waals surface area contributed by atoms with E-state index in [0.29, 0.717) is 19.6 Å². The maximum atomic E-state index is 12.5. The molecule has 1 N–H and O–H groups in total. The molecule has 0 aromatic rings. The van der Waals surface area contributed by atoms with Crippen molar-refractivity contribution in [3.8, 4) is 0 Å². The van der Waals surface area contributed by atoms with Gasteiger partial charge in [-0.3, -0.25) is 4.79 Å². The van der Waals surface area contributed by atoms with Crippen LogP contribution in [0.15, 0.2) is 0 Å². The van der Waals surface area contributed by atoms with Gasteiger partial charge in [0.05, 0.1) is 19.3 Å². The first-order valence-electron chi connectivity index (χ1n) is 15.1. The van der Waals surface area contributed by atoms with E-state index in [1.807, 2.05) is 0 Å². The van der Waals surface area contributed by atoms with Crippen molar-refractivity contribution in [2.45, 2.75) is 154 Å². The minimum Gasteiger partial charge on any atom is -0.462 e. The van der Waals surface area contributed by atoms with Gasteiger partial charge in [-0.15, -0.1) is 0 Å². The molecule has 0 aliphatic heterocycles. The molecule has 0 atom stereocenters. The summed E-state index contributed by atoms with van der Waals surface area (Å²) in [5, 5.41) is 3.49. The Labute approximate surface area is 218 Å². The lowest BCUT2D eigenvalue weighted by Crippen LogP contribution is -2.37. The fourth-order valence-corrected chi connectivity index (χ4v) is 4.61. The van der Waals surface area contributed by atoms with Crippen LogP contribution < -0.4 is 5.32 Å². The van der Waals surface area contributed by atoms with E-state index in [2.05, 4.69) is 19.2 Å². The van der Waals surface area contributed by atoms with E-state index in [1.165, 1.54) is 89.9 Å². The Kier molecular flexibility index (Phi) is 27.4. The number of esters is 1. The van der Waals surface area contributed by atoms with E-state index in [1.54, 1.807) is 14.2 Å². The van der Waals surface area contributed by atoms with Crippen LogP contribution in [0.2, 0.25) is 0 Å². The first kappa shape index (κ1) is 34.4. The molecular weight excluding hydrogens is 438 g/mol. The Morgan fingerprint density at radius 1 is 0.629 bits per heavy atom. The van der Waals surface area contributed by atoms with Crippen LogP contribution in [0.1, 0.15) is 142 Å².